The summed E-state index contributed by atoms with van der Waals surface area (Å²) in [5, 5.41) is 24.2. The number of rotatable bonds is 7. The molecule has 0 spiro atoms. The van der Waals surface area contributed by atoms with Crippen LogP contribution in [-0.2, 0) is 6.18 Å². The Morgan fingerprint density at radius 2 is 1.97 bits per heavy atom. The van der Waals surface area contributed by atoms with Crippen molar-refractivity contribution < 1.29 is 22.0 Å². The molecule has 0 bridgehead atoms. The molecule has 1 saturated carbocycles. The lowest BCUT2D eigenvalue weighted by molar-refractivity contribution is -0.137. The topological polar surface area (TPSA) is 110 Å². The minimum atomic E-state index is -4.77. The summed E-state index contributed by atoms with van der Waals surface area (Å²) < 4.78 is 65.9. The van der Waals surface area contributed by atoms with Gasteiger partial charge in [-0.1, -0.05) is 6.07 Å². The number of alkyl halides is 5. The zero-order chi connectivity index (χ0) is 21.9. The summed E-state index contributed by atoms with van der Waals surface area (Å²) in [6.45, 7) is -0.0127. The van der Waals surface area contributed by atoms with Crippen LogP contribution in [0, 0.1) is 16.7 Å². The third-order valence-electron chi connectivity index (χ3n) is 4.38. The maximum Gasteiger partial charge on any atom is 0.421 e. The number of nitriles is 1. The number of anilines is 4. The van der Waals surface area contributed by atoms with E-state index in [1.807, 2.05) is 6.07 Å². The molecule has 1 aromatic heterocycles. The molecule has 12 heteroatoms. The van der Waals surface area contributed by atoms with Crippen molar-refractivity contribution in [2.45, 2.75) is 31.0 Å². The summed E-state index contributed by atoms with van der Waals surface area (Å²) >= 11 is 0. The van der Waals surface area contributed by atoms with E-state index in [9.17, 15) is 22.0 Å². The first-order valence-corrected chi connectivity index (χ1v) is 8.73. The van der Waals surface area contributed by atoms with Gasteiger partial charge in [0.15, 0.2) is 0 Å². The number of hydrogen-bond acceptors (Lipinski definition) is 7. The molecular formula is C18H16F5N7. The van der Waals surface area contributed by atoms with E-state index in [1.54, 1.807) is 18.2 Å². The Bertz CT molecular complexity index is 976. The van der Waals surface area contributed by atoms with Gasteiger partial charge in [0, 0.05) is 42.5 Å². The first kappa shape index (κ1) is 21.2. The van der Waals surface area contributed by atoms with Gasteiger partial charge < -0.3 is 21.4 Å². The molecule has 0 amide bonds. The lowest BCUT2D eigenvalue weighted by atomic mass is 9.88. The highest BCUT2D eigenvalue weighted by molar-refractivity contribution is 5.94. The Hall–Kier alpha value is -3.49. The summed E-state index contributed by atoms with van der Waals surface area (Å²) in [4.78, 5) is 7.49. The van der Waals surface area contributed by atoms with Gasteiger partial charge >= 0.3 is 6.18 Å². The summed E-state index contributed by atoms with van der Waals surface area (Å²) in [5.74, 6) is -3.72. The predicted molar refractivity (Wildman–Crippen MR) is 100 cm³/mol. The Balaban J connectivity index is 1.89. The normalized spacial score (nSPS) is 15.6. The fourth-order valence-corrected chi connectivity index (χ4v) is 2.96. The lowest BCUT2D eigenvalue weighted by Gasteiger charge is -2.36. The fraction of sp³-hybridized carbons (Fsp3) is 0.333. The van der Waals surface area contributed by atoms with Crippen LogP contribution < -0.4 is 16.0 Å². The molecule has 1 heterocycles. The molecule has 1 aliphatic carbocycles. The minimum absolute atomic E-state index is 0.0127. The van der Waals surface area contributed by atoms with E-state index in [0.29, 0.717) is 23.1 Å². The average Bonchev–Trinajstić information content (AvgIpc) is 2.64. The van der Waals surface area contributed by atoms with Crippen molar-refractivity contribution in [1.82, 2.24) is 9.97 Å². The second kappa shape index (κ2) is 8.10. The largest absolute Gasteiger partial charge is 0.421 e. The molecule has 0 unspecified atom stereocenters. The van der Waals surface area contributed by atoms with Crippen molar-refractivity contribution in [1.29, 1.82) is 10.7 Å². The summed E-state index contributed by atoms with van der Waals surface area (Å²) in [7, 11) is 0. The first-order valence-electron chi connectivity index (χ1n) is 8.73. The van der Waals surface area contributed by atoms with Crippen molar-refractivity contribution in [3.8, 4) is 6.07 Å². The molecule has 1 fully saturated rings. The second-order valence-electron chi connectivity index (χ2n) is 6.61. The minimum Gasteiger partial charge on any atom is -0.372 e. The molecular weight excluding hydrogens is 409 g/mol. The maximum atomic E-state index is 13.3. The Labute approximate surface area is 167 Å². The predicted octanol–water partition coefficient (Wildman–Crippen LogP) is 4.38. The molecule has 1 aliphatic rings. The van der Waals surface area contributed by atoms with Crippen LogP contribution in [0.1, 0.15) is 24.0 Å². The standard InChI is InChI=1S/C18H16F5N7/c19-17(20)6-10(7-17)28-15-12(18(21,22)23)9-27-16(30-15)29-14-3-1-2-13(11(14)8-25)26-5-4-24/h1-3,8-10,25-26H,5-7H2,(H2,27,28,29,30). The van der Waals surface area contributed by atoms with Crippen molar-refractivity contribution in [3.63, 3.8) is 0 Å². The van der Waals surface area contributed by atoms with Crippen LogP contribution in [0.4, 0.5) is 45.1 Å². The molecule has 4 N–H and O–H groups in total. The number of nitrogens with one attached hydrogen (secondary N) is 4. The van der Waals surface area contributed by atoms with Crippen molar-refractivity contribution in [2.24, 2.45) is 0 Å². The third kappa shape index (κ3) is 4.73. The molecule has 0 saturated heterocycles. The number of aromatic nitrogens is 2. The van der Waals surface area contributed by atoms with Crippen molar-refractivity contribution >= 4 is 29.4 Å². The van der Waals surface area contributed by atoms with Gasteiger partial charge in [0.25, 0.3) is 5.92 Å². The van der Waals surface area contributed by atoms with Gasteiger partial charge in [-0.3, -0.25) is 0 Å². The SMILES string of the molecule is N#CCNc1cccc(Nc2ncc(C(F)(F)F)c(NC3CC(F)(F)C3)n2)c1C=N. The molecule has 3 rings (SSSR count). The van der Waals surface area contributed by atoms with Gasteiger partial charge in [0.1, 0.15) is 17.9 Å². The Morgan fingerprint density at radius 1 is 1.27 bits per heavy atom. The molecule has 0 aliphatic heterocycles. The van der Waals surface area contributed by atoms with E-state index in [2.05, 4.69) is 25.9 Å². The van der Waals surface area contributed by atoms with Crippen LogP contribution in [0.15, 0.2) is 24.4 Å². The average molecular weight is 425 g/mol. The molecule has 1 aromatic carbocycles. The van der Waals surface area contributed by atoms with Gasteiger partial charge in [0.2, 0.25) is 5.95 Å². The van der Waals surface area contributed by atoms with E-state index >= 15 is 0 Å². The lowest BCUT2D eigenvalue weighted by Crippen LogP contribution is -2.44. The van der Waals surface area contributed by atoms with Crippen molar-refractivity contribution in [2.75, 3.05) is 22.5 Å². The van der Waals surface area contributed by atoms with Gasteiger partial charge in [-0.05, 0) is 12.1 Å². The molecule has 158 valence electrons. The molecule has 7 nitrogen and oxygen atoms in total. The molecule has 0 radical (unpaired) electrons. The zero-order valence-corrected chi connectivity index (χ0v) is 15.3. The highest BCUT2D eigenvalue weighted by atomic mass is 19.4. The molecule has 0 atom stereocenters. The number of nitrogens with zero attached hydrogens (tertiary/aromatic N) is 3. The smallest absolute Gasteiger partial charge is 0.372 e. The highest BCUT2D eigenvalue weighted by Gasteiger charge is 2.46. The summed E-state index contributed by atoms with van der Waals surface area (Å²) in [5.41, 5.74) is -0.0586. The van der Waals surface area contributed by atoms with E-state index in [1.165, 1.54) is 0 Å². The fourth-order valence-electron chi connectivity index (χ4n) is 2.96. The summed E-state index contributed by atoms with van der Waals surface area (Å²) in [6.07, 6.45) is -4.37. The van der Waals surface area contributed by atoms with E-state index < -0.39 is 42.4 Å². The summed E-state index contributed by atoms with van der Waals surface area (Å²) in [6, 6.07) is 5.85. The monoisotopic (exact) mass is 425 g/mol. The van der Waals surface area contributed by atoms with Crippen LogP contribution in [0.25, 0.3) is 0 Å². The van der Waals surface area contributed by atoms with Gasteiger partial charge in [-0.2, -0.15) is 23.4 Å². The van der Waals surface area contributed by atoms with E-state index in [-0.39, 0.29) is 12.5 Å². The third-order valence-corrected chi connectivity index (χ3v) is 4.38. The number of halogens is 5. The van der Waals surface area contributed by atoms with Crippen LogP contribution in [0.5, 0.6) is 0 Å². The van der Waals surface area contributed by atoms with Crippen LogP contribution in [-0.4, -0.2) is 34.7 Å². The van der Waals surface area contributed by atoms with E-state index in [4.69, 9.17) is 10.7 Å². The quantitative estimate of drug-likeness (QED) is 0.298. The van der Waals surface area contributed by atoms with E-state index in [0.717, 1.165) is 6.21 Å². The molecule has 2 aromatic rings. The Kier molecular flexibility index (Phi) is 5.73. The number of hydrogen-bond donors (Lipinski definition) is 4. The highest BCUT2D eigenvalue weighted by Crippen LogP contribution is 2.41. The number of benzene rings is 1. The van der Waals surface area contributed by atoms with Gasteiger partial charge in [0.05, 0.1) is 11.8 Å². The first-order chi connectivity index (χ1) is 14.1. The van der Waals surface area contributed by atoms with Crippen LogP contribution in [0.3, 0.4) is 0 Å². The van der Waals surface area contributed by atoms with Crippen LogP contribution >= 0.6 is 0 Å². The zero-order valence-electron chi connectivity index (χ0n) is 15.3. The van der Waals surface area contributed by atoms with Crippen LogP contribution in [0.2, 0.25) is 0 Å². The Morgan fingerprint density at radius 3 is 2.57 bits per heavy atom. The van der Waals surface area contributed by atoms with Gasteiger partial charge in [-0.15, -0.1) is 0 Å². The van der Waals surface area contributed by atoms with Crippen molar-refractivity contribution in [3.05, 3.63) is 35.5 Å². The maximum absolute atomic E-state index is 13.3. The second-order valence-corrected chi connectivity index (χ2v) is 6.61. The van der Waals surface area contributed by atoms with Gasteiger partial charge in [-0.25, -0.2) is 13.8 Å². The molecule has 30 heavy (non-hydrogen) atoms.